The largest absolute Gasteiger partial charge is 0.463 e. The third-order valence-corrected chi connectivity index (χ3v) is 4.53. The van der Waals surface area contributed by atoms with Crippen LogP contribution < -0.4 is 10.9 Å². The first-order valence-electron chi connectivity index (χ1n) is 7.69. The van der Waals surface area contributed by atoms with Gasteiger partial charge < -0.3 is 15.0 Å². The summed E-state index contributed by atoms with van der Waals surface area (Å²) < 4.78 is 5.39. The predicted molar refractivity (Wildman–Crippen MR) is 98.5 cm³/mol. The minimum atomic E-state index is -0.667. The Morgan fingerprint density at radius 1 is 1.32 bits per heavy atom. The van der Waals surface area contributed by atoms with Gasteiger partial charge in [-0.1, -0.05) is 29.8 Å². The van der Waals surface area contributed by atoms with Crippen LogP contribution in [0.2, 0.25) is 5.02 Å². The van der Waals surface area contributed by atoms with Gasteiger partial charge in [-0.3, -0.25) is 9.78 Å². The average molecular weight is 378 g/mol. The molecule has 0 amide bonds. The summed E-state index contributed by atoms with van der Waals surface area (Å²) in [6.45, 7) is 3.70. The number of benzene rings is 1. The number of allylic oxidation sites excluding steroid dienone is 1. The van der Waals surface area contributed by atoms with Crippen LogP contribution in [-0.4, -0.2) is 22.5 Å². The van der Waals surface area contributed by atoms with Crippen LogP contribution in [0.25, 0.3) is 0 Å². The van der Waals surface area contributed by atoms with Crippen molar-refractivity contribution in [3.8, 4) is 0 Å². The number of fused-ring (bicyclic) bond motifs is 1. The van der Waals surface area contributed by atoms with Gasteiger partial charge in [0.05, 0.1) is 23.7 Å². The molecule has 0 radical (unpaired) electrons. The van der Waals surface area contributed by atoms with Crippen molar-refractivity contribution in [3.63, 3.8) is 0 Å². The third kappa shape index (κ3) is 3.12. The van der Waals surface area contributed by atoms with Crippen LogP contribution in [-0.2, 0) is 9.53 Å². The van der Waals surface area contributed by atoms with E-state index in [0.29, 0.717) is 33.2 Å². The normalized spacial score (nSPS) is 16.2. The maximum absolute atomic E-state index is 12.6. The van der Waals surface area contributed by atoms with E-state index in [-0.39, 0.29) is 16.9 Å². The number of anilines is 1. The zero-order valence-corrected chi connectivity index (χ0v) is 15.2. The highest BCUT2D eigenvalue weighted by Gasteiger charge is 2.36. The SMILES string of the molecule is CCOC(=O)C1=C(C)Nc2[nH]c(=S)[nH]c(=O)c2[C@@H]1c1ccccc1Cl. The first-order valence-corrected chi connectivity index (χ1v) is 8.48. The highest BCUT2D eigenvalue weighted by Crippen LogP contribution is 2.41. The molecule has 2 aromatic rings. The third-order valence-electron chi connectivity index (χ3n) is 3.98. The van der Waals surface area contributed by atoms with Gasteiger partial charge in [-0.15, -0.1) is 0 Å². The van der Waals surface area contributed by atoms with Crippen LogP contribution in [0.3, 0.4) is 0 Å². The topological polar surface area (TPSA) is 87.0 Å². The fourth-order valence-corrected chi connectivity index (χ4v) is 3.43. The van der Waals surface area contributed by atoms with E-state index in [2.05, 4.69) is 15.3 Å². The number of ether oxygens (including phenoxy) is 1. The standard InChI is InChI=1S/C17H16ClN3O3S/c1-3-24-16(23)11-8(2)19-14-13(15(22)21-17(25)20-14)12(11)9-6-4-5-7-10(9)18/h4-7,12H,3H2,1-2H3,(H3,19,20,21,22,25)/t12-/m1/s1. The van der Waals surface area contributed by atoms with E-state index < -0.39 is 11.9 Å². The summed E-state index contributed by atoms with van der Waals surface area (Å²) in [5.74, 6) is -0.714. The first kappa shape index (κ1) is 17.4. The summed E-state index contributed by atoms with van der Waals surface area (Å²) in [4.78, 5) is 30.7. The van der Waals surface area contributed by atoms with Crippen molar-refractivity contribution >= 4 is 35.6 Å². The molecule has 0 spiro atoms. The van der Waals surface area contributed by atoms with Crippen molar-refractivity contribution in [2.24, 2.45) is 0 Å². The van der Waals surface area contributed by atoms with Gasteiger partial charge in [-0.25, -0.2) is 4.79 Å². The van der Waals surface area contributed by atoms with E-state index in [1.54, 1.807) is 38.1 Å². The summed E-state index contributed by atoms with van der Waals surface area (Å²) >= 11 is 11.4. The predicted octanol–water partition coefficient (Wildman–Crippen LogP) is 3.48. The van der Waals surface area contributed by atoms with Gasteiger partial charge in [-0.05, 0) is 37.7 Å². The maximum Gasteiger partial charge on any atom is 0.336 e. The highest BCUT2D eigenvalue weighted by atomic mass is 35.5. The van der Waals surface area contributed by atoms with Gasteiger partial charge in [-0.2, -0.15) is 0 Å². The molecule has 1 atom stereocenters. The second-order valence-corrected chi connectivity index (χ2v) is 6.35. The molecular formula is C17H16ClN3O3S. The summed E-state index contributed by atoms with van der Waals surface area (Å²) in [6, 6.07) is 7.10. The zero-order valence-electron chi connectivity index (χ0n) is 13.6. The van der Waals surface area contributed by atoms with Gasteiger partial charge >= 0.3 is 5.97 Å². The molecule has 3 rings (SSSR count). The molecule has 25 heavy (non-hydrogen) atoms. The number of hydrogen-bond donors (Lipinski definition) is 3. The van der Waals surface area contributed by atoms with Gasteiger partial charge in [0.25, 0.3) is 5.56 Å². The van der Waals surface area contributed by atoms with Crippen molar-refractivity contribution in [2.75, 3.05) is 11.9 Å². The smallest absolute Gasteiger partial charge is 0.336 e. The Morgan fingerprint density at radius 2 is 2.04 bits per heavy atom. The number of H-pyrrole nitrogens is 2. The van der Waals surface area contributed by atoms with E-state index in [1.807, 2.05) is 0 Å². The molecule has 8 heteroatoms. The van der Waals surface area contributed by atoms with E-state index in [1.165, 1.54) is 0 Å². The Labute approximate surface area is 153 Å². The van der Waals surface area contributed by atoms with E-state index in [9.17, 15) is 9.59 Å². The van der Waals surface area contributed by atoms with Crippen molar-refractivity contribution in [3.05, 3.63) is 66.8 Å². The van der Waals surface area contributed by atoms with Crippen LogP contribution >= 0.6 is 23.8 Å². The fraction of sp³-hybridized carbons (Fsp3) is 0.235. The van der Waals surface area contributed by atoms with Crippen LogP contribution in [0.1, 0.15) is 30.9 Å². The summed E-state index contributed by atoms with van der Waals surface area (Å²) in [6.07, 6.45) is 0. The number of rotatable bonds is 3. The molecule has 1 aromatic heterocycles. The monoisotopic (exact) mass is 377 g/mol. The lowest BCUT2D eigenvalue weighted by Gasteiger charge is -2.29. The van der Waals surface area contributed by atoms with Crippen molar-refractivity contribution in [2.45, 2.75) is 19.8 Å². The Bertz CT molecular complexity index is 993. The first-order chi connectivity index (χ1) is 11.9. The molecule has 0 saturated carbocycles. The lowest BCUT2D eigenvalue weighted by molar-refractivity contribution is -0.138. The average Bonchev–Trinajstić information content (AvgIpc) is 2.53. The minimum absolute atomic E-state index is 0.196. The number of aromatic nitrogens is 2. The molecule has 6 nitrogen and oxygen atoms in total. The molecule has 3 N–H and O–H groups in total. The highest BCUT2D eigenvalue weighted by molar-refractivity contribution is 7.71. The Balaban J connectivity index is 2.32. The molecule has 0 aliphatic carbocycles. The molecule has 1 aliphatic rings. The van der Waals surface area contributed by atoms with E-state index >= 15 is 0 Å². The van der Waals surface area contributed by atoms with Crippen molar-refractivity contribution < 1.29 is 9.53 Å². The summed E-state index contributed by atoms with van der Waals surface area (Å²) in [5.41, 5.74) is 1.52. The number of carbonyl (C=O) groups is 1. The van der Waals surface area contributed by atoms with Gasteiger partial charge in [0.2, 0.25) is 0 Å². The van der Waals surface area contributed by atoms with Crippen LogP contribution in [0, 0.1) is 4.77 Å². The number of nitrogens with one attached hydrogen (secondary N) is 3. The molecule has 0 saturated heterocycles. The molecule has 0 bridgehead atoms. The van der Waals surface area contributed by atoms with Crippen LogP contribution in [0.4, 0.5) is 5.82 Å². The zero-order chi connectivity index (χ0) is 18.1. The van der Waals surface area contributed by atoms with E-state index in [4.69, 9.17) is 28.6 Å². The van der Waals surface area contributed by atoms with Gasteiger partial charge in [0.1, 0.15) is 5.82 Å². The van der Waals surface area contributed by atoms with E-state index in [0.717, 1.165) is 0 Å². The quantitative estimate of drug-likeness (QED) is 0.563. The summed E-state index contributed by atoms with van der Waals surface area (Å²) in [5, 5.41) is 3.50. The molecular weight excluding hydrogens is 362 g/mol. The summed E-state index contributed by atoms with van der Waals surface area (Å²) in [7, 11) is 0. The second-order valence-electron chi connectivity index (χ2n) is 5.54. The maximum atomic E-state index is 12.6. The molecule has 1 aromatic carbocycles. The lowest BCUT2D eigenvalue weighted by Crippen LogP contribution is -2.31. The van der Waals surface area contributed by atoms with Crippen LogP contribution in [0.5, 0.6) is 0 Å². The lowest BCUT2D eigenvalue weighted by atomic mass is 9.82. The number of aromatic amines is 2. The molecule has 130 valence electrons. The Morgan fingerprint density at radius 3 is 2.72 bits per heavy atom. The Hall–Kier alpha value is -2.38. The number of carbonyl (C=O) groups excluding carboxylic acids is 1. The number of hydrogen-bond acceptors (Lipinski definition) is 5. The van der Waals surface area contributed by atoms with Crippen molar-refractivity contribution in [1.29, 1.82) is 0 Å². The molecule has 1 aliphatic heterocycles. The molecule has 0 fully saturated rings. The second kappa shape index (κ2) is 6.85. The molecule has 0 unspecified atom stereocenters. The minimum Gasteiger partial charge on any atom is -0.463 e. The van der Waals surface area contributed by atoms with Crippen molar-refractivity contribution in [1.82, 2.24) is 9.97 Å². The Kier molecular flexibility index (Phi) is 4.78. The number of esters is 1. The molecule has 2 heterocycles. The fourth-order valence-electron chi connectivity index (χ4n) is 2.99. The van der Waals surface area contributed by atoms with Gasteiger partial charge in [0, 0.05) is 10.7 Å². The van der Waals surface area contributed by atoms with Gasteiger partial charge in [0.15, 0.2) is 4.77 Å². The number of halogens is 1. The van der Waals surface area contributed by atoms with Crippen LogP contribution in [0.15, 0.2) is 40.3 Å².